The molecule has 4 rings (SSSR count). The summed E-state index contributed by atoms with van der Waals surface area (Å²) in [5, 5.41) is 3.37. The molecule has 142 valence electrons. The number of nitrogens with zero attached hydrogens (tertiary/aromatic N) is 3. The molecule has 28 heavy (non-hydrogen) atoms. The lowest BCUT2D eigenvalue weighted by atomic mass is 10.2. The average Bonchev–Trinajstić information content (AvgIpc) is 2.79. The fourth-order valence-corrected chi connectivity index (χ4v) is 3.43. The highest BCUT2D eigenvalue weighted by Crippen LogP contribution is 2.17. The number of nitrogens with one attached hydrogen (secondary N) is 1. The van der Waals surface area contributed by atoms with Gasteiger partial charge >= 0.3 is 0 Å². The summed E-state index contributed by atoms with van der Waals surface area (Å²) >= 11 is 0. The number of pyridine rings is 1. The molecular weight excluding hydrogens is 348 g/mol. The molecule has 1 aliphatic heterocycles. The number of hydrogen-bond donors (Lipinski definition) is 1. The van der Waals surface area contributed by atoms with Gasteiger partial charge in [-0.25, -0.2) is 0 Å². The summed E-state index contributed by atoms with van der Waals surface area (Å²) in [7, 11) is 0. The van der Waals surface area contributed by atoms with Crippen molar-refractivity contribution in [2.24, 2.45) is 0 Å². The molecule has 1 saturated heterocycles. The van der Waals surface area contributed by atoms with Gasteiger partial charge < -0.3 is 15.1 Å². The molecule has 0 bridgehead atoms. The van der Waals surface area contributed by atoms with Crippen molar-refractivity contribution in [3.05, 3.63) is 90.3 Å². The highest BCUT2D eigenvalue weighted by Gasteiger charge is 2.23. The summed E-state index contributed by atoms with van der Waals surface area (Å²) in [4.78, 5) is 21.4. The molecule has 0 atom stereocenters. The lowest BCUT2D eigenvalue weighted by Gasteiger charge is -2.36. The number of para-hydroxylation sites is 1. The Labute approximate surface area is 165 Å². The second-order valence-electron chi connectivity index (χ2n) is 6.88. The van der Waals surface area contributed by atoms with Gasteiger partial charge in [-0.3, -0.25) is 9.78 Å². The second kappa shape index (κ2) is 8.57. The average molecular weight is 372 g/mol. The van der Waals surface area contributed by atoms with Gasteiger partial charge in [0, 0.05) is 50.3 Å². The summed E-state index contributed by atoms with van der Waals surface area (Å²) < 4.78 is 0. The van der Waals surface area contributed by atoms with Crippen LogP contribution in [0.4, 0.5) is 11.4 Å². The molecule has 1 fully saturated rings. The van der Waals surface area contributed by atoms with Gasteiger partial charge in [-0.1, -0.05) is 48.5 Å². The van der Waals surface area contributed by atoms with Crippen molar-refractivity contribution in [1.82, 2.24) is 9.88 Å². The van der Waals surface area contributed by atoms with Crippen molar-refractivity contribution in [1.29, 1.82) is 0 Å². The van der Waals surface area contributed by atoms with Crippen LogP contribution >= 0.6 is 0 Å². The molecule has 1 N–H and O–H groups in total. The van der Waals surface area contributed by atoms with Crippen LogP contribution < -0.4 is 10.2 Å². The first-order valence-electron chi connectivity index (χ1n) is 9.63. The van der Waals surface area contributed by atoms with Gasteiger partial charge in [-0.15, -0.1) is 0 Å². The SMILES string of the molecule is O=C(c1cc(NCc2ccccc2)ccn1)N1CCN(c2ccccc2)CC1. The third kappa shape index (κ3) is 4.31. The van der Waals surface area contributed by atoms with Crippen LogP contribution in [0.3, 0.4) is 0 Å². The first-order chi connectivity index (χ1) is 13.8. The largest absolute Gasteiger partial charge is 0.381 e. The van der Waals surface area contributed by atoms with Crippen LogP contribution in [0.15, 0.2) is 79.0 Å². The van der Waals surface area contributed by atoms with E-state index in [2.05, 4.69) is 39.5 Å². The maximum atomic E-state index is 12.9. The van der Waals surface area contributed by atoms with Crippen LogP contribution in [-0.4, -0.2) is 42.0 Å². The van der Waals surface area contributed by atoms with Crippen molar-refractivity contribution in [3.63, 3.8) is 0 Å². The highest BCUT2D eigenvalue weighted by atomic mass is 16.2. The topological polar surface area (TPSA) is 48.5 Å². The number of piperazine rings is 1. The smallest absolute Gasteiger partial charge is 0.272 e. The van der Waals surface area contributed by atoms with Crippen LogP contribution in [0.1, 0.15) is 16.1 Å². The van der Waals surface area contributed by atoms with E-state index in [9.17, 15) is 4.79 Å². The van der Waals surface area contributed by atoms with Crippen LogP contribution in [0.25, 0.3) is 0 Å². The Morgan fingerprint density at radius 2 is 1.57 bits per heavy atom. The Morgan fingerprint density at radius 3 is 2.29 bits per heavy atom. The van der Waals surface area contributed by atoms with E-state index >= 15 is 0 Å². The first-order valence-corrected chi connectivity index (χ1v) is 9.63. The van der Waals surface area contributed by atoms with Gasteiger partial charge in [0.2, 0.25) is 0 Å². The summed E-state index contributed by atoms with van der Waals surface area (Å²) in [5.41, 5.74) is 3.81. The molecule has 1 amide bonds. The summed E-state index contributed by atoms with van der Waals surface area (Å²) in [6, 6.07) is 24.3. The number of rotatable bonds is 5. The zero-order valence-corrected chi connectivity index (χ0v) is 15.8. The number of benzene rings is 2. The van der Waals surface area contributed by atoms with Crippen LogP contribution in [-0.2, 0) is 6.54 Å². The highest BCUT2D eigenvalue weighted by molar-refractivity contribution is 5.93. The molecule has 0 aliphatic carbocycles. The van der Waals surface area contributed by atoms with E-state index in [0.29, 0.717) is 25.3 Å². The van der Waals surface area contributed by atoms with Crippen molar-refractivity contribution in [2.75, 3.05) is 36.4 Å². The molecule has 3 aromatic rings. The fraction of sp³-hybridized carbons (Fsp3) is 0.217. The van der Waals surface area contributed by atoms with Gasteiger partial charge in [-0.05, 0) is 29.8 Å². The van der Waals surface area contributed by atoms with E-state index in [0.717, 1.165) is 18.8 Å². The van der Waals surface area contributed by atoms with E-state index in [4.69, 9.17) is 0 Å². The minimum Gasteiger partial charge on any atom is -0.381 e. The number of amides is 1. The van der Waals surface area contributed by atoms with Crippen LogP contribution in [0, 0.1) is 0 Å². The Kier molecular flexibility index (Phi) is 5.52. The third-order valence-corrected chi connectivity index (χ3v) is 5.01. The van der Waals surface area contributed by atoms with E-state index in [1.54, 1.807) is 6.20 Å². The molecule has 5 heteroatoms. The molecular formula is C23H24N4O. The van der Waals surface area contributed by atoms with E-state index < -0.39 is 0 Å². The molecule has 2 heterocycles. The monoisotopic (exact) mass is 372 g/mol. The number of carbonyl (C=O) groups excluding carboxylic acids is 1. The summed E-state index contributed by atoms with van der Waals surface area (Å²) in [6.07, 6.45) is 1.70. The standard InChI is InChI=1S/C23H24N4O/c28-23(27-15-13-26(14-16-27)21-9-5-2-6-10-21)22-17-20(11-12-24-22)25-18-19-7-3-1-4-8-19/h1-12,17H,13-16,18H2,(H,24,25). The molecule has 1 aliphatic rings. The van der Waals surface area contributed by atoms with Crippen LogP contribution in [0.5, 0.6) is 0 Å². The van der Waals surface area contributed by atoms with Gasteiger partial charge in [0.25, 0.3) is 5.91 Å². The van der Waals surface area contributed by atoms with Gasteiger partial charge in [-0.2, -0.15) is 0 Å². The summed E-state index contributed by atoms with van der Waals surface area (Å²) in [6.45, 7) is 3.80. The molecule has 1 aromatic heterocycles. The van der Waals surface area contributed by atoms with E-state index in [-0.39, 0.29) is 5.91 Å². The third-order valence-electron chi connectivity index (χ3n) is 5.01. The first kappa shape index (κ1) is 18.0. The lowest BCUT2D eigenvalue weighted by molar-refractivity contribution is 0.0741. The van der Waals surface area contributed by atoms with Gasteiger partial charge in [0.15, 0.2) is 0 Å². The molecule has 0 spiro atoms. The van der Waals surface area contributed by atoms with Gasteiger partial charge in [0.1, 0.15) is 5.69 Å². The van der Waals surface area contributed by atoms with Crippen molar-refractivity contribution >= 4 is 17.3 Å². The van der Waals surface area contributed by atoms with Crippen molar-refractivity contribution in [3.8, 4) is 0 Å². The molecule has 0 radical (unpaired) electrons. The fourth-order valence-electron chi connectivity index (χ4n) is 3.43. The predicted octanol–water partition coefficient (Wildman–Crippen LogP) is 3.66. The zero-order valence-electron chi connectivity index (χ0n) is 15.8. The minimum absolute atomic E-state index is 0.00364. The normalized spacial score (nSPS) is 14.0. The Hall–Kier alpha value is -3.34. The zero-order chi connectivity index (χ0) is 19.2. The quantitative estimate of drug-likeness (QED) is 0.743. The Balaban J connectivity index is 1.36. The second-order valence-corrected chi connectivity index (χ2v) is 6.88. The molecule has 2 aromatic carbocycles. The number of carbonyl (C=O) groups is 1. The maximum Gasteiger partial charge on any atom is 0.272 e. The van der Waals surface area contributed by atoms with E-state index in [1.807, 2.05) is 53.4 Å². The summed E-state index contributed by atoms with van der Waals surface area (Å²) in [5.74, 6) is -0.00364. The molecule has 0 saturated carbocycles. The Morgan fingerprint density at radius 1 is 0.893 bits per heavy atom. The number of hydrogen-bond acceptors (Lipinski definition) is 4. The number of aromatic nitrogens is 1. The predicted molar refractivity (Wildman–Crippen MR) is 113 cm³/mol. The maximum absolute atomic E-state index is 12.9. The van der Waals surface area contributed by atoms with E-state index in [1.165, 1.54) is 11.3 Å². The Bertz CT molecular complexity index is 906. The molecule has 5 nitrogen and oxygen atoms in total. The van der Waals surface area contributed by atoms with Gasteiger partial charge in [0.05, 0.1) is 0 Å². The van der Waals surface area contributed by atoms with Crippen molar-refractivity contribution in [2.45, 2.75) is 6.54 Å². The lowest BCUT2D eigenvalue weighted by Crippen LogP contribution is -2.49. The van der Waals surface area contributed by atoms with Crippen molar-refractivity contribution < 1.29 is 4.79 Å². The molecule has 0 unspecified atom stereocenters. The minimum atomic E-state index is -0.00364. The number of anilines is 2. The van der Waals surface area contributed by atoms with Crippen LogP contribution in [0.2, 0.25) is 0 Å².